The molecule has 0 radical (unpaired) electrons. The summed E-state index contributed by atoms with van der Waals surface area (Å²) in [6.07, 6.45) is 3.64. The van der Waals surface area contributed by atoms with Crippen LogP contribution in [0, 0.1) is 0 Å². The van der Waals surface area contributed by atoms with Crippen molar-refractivity contribution in [2.45, 2.75) is 38.1 Å². The summed E-state index contributed by atoms with van der Waals surface area (Å²) in [6.45, 7) is 2.08. The molecule has 4 heteroatoms. The molecule has 0 unspecified atom stereocenters. The minimum absolute atomic E-state index is 0.00601. The van der Waals surface area contributed by atoms with Gasteiger partial charge in [-0.05, 0) is 49.9 Å². The lowest BCUT2D eigenvalue weighted by atomic mass is 9.78. The van der Waals surface area contributed by atoms with Gasteiger partial charge in [0.1, 0.15) is 0 Å². The predicted molar refractivity (Wildman–Crippen MR) is 68.5 cm³/mol. The minimum Gasteiger partial charge on any atom is -0.347 e. The van der Waals surface area contributed by atoms with E-state index in [0.717, 1.165) is 24.1 Å². The molecule has 1 aliphatic heterocycles. The maximum absolute atomic E-state index is 12.1. The molecule has 2 aliphatic rings. The first-order chi connectivity index (χ1) is 8.56. The Balaban J connectivity index is 1.79. The number of amides is 2. The molecule has 18 heavy (non-hydrogen) atoms. The van der Waals surface area contributed by atoms with Crippen LogP contribution in [0.2, 0.25) is 0 Å². The van der Waals surface area contributed by atoms with Crippen LogP contribution in [0.4, 0.5) is 5.69 Å². The Morgan fingerprint density at radius 1 is 1.39 bits per heavy atom. The first-order valence-corrected chi connectivity index (χ1v) is 6.31. The number of carbonyl (C=O) groups is 2. The normalized spacial score (nSPS) is 19.7. The van der Waals surface area contributed by atoms with E-state index in [9.17, 15) is 9.59 Å². The average molecular weight is 244 g/mol. The Bertz CT molecular complexity index is 533. The SMILES string of the molecule is CC1(NC(=O)c2ccc3c(c2)CC(=O)N3)CCC1. The van der Waals surface area contributed by atoms with Crippen LogP contribution in [0.15, 0.2) is 18.2 Å². The van der Waals surface area contributed by atoms with Gasteiger partial charge in [-0.3, -0.25) is 9.59 Å². The molecule has 0 saturated heterocycles. The Morgan fingerprint density at radius 3 is 2.83 bits per heavy atom. The maximum Gasteiger partial charge on any atom is 0.251 e. The van der Waals surface area contributed by atoms with Gasteiger partial charge in [-0.2, -0.15) is 0 Å². The largest absolute Gasteiger partial charge is 0.347 e. The number of benzene rings is 1. The standard InChI is InChI=1S/C14H16N2O2/c1-14(5-2-6-14)16-13(18)9-3-4-11-10(7-9)8-12(17)15-11/h3-4,7H,2,5-6,8H2,1H3,(H,15,17)(H,16,18). The lowest BCUT2D eigenvalue weighted by molar-refractivity contribution is -0.115. The van der Waals surface area contributed by atoms with Gasteiger partial charge in [0.2, 0.25) is 5.91 Å². The fourth-order valence-corrected chi connectivity index (χ4v) is 2.55. The molecule has 0 atom stereocenters. The molecular formula is C14H16N2O2. The molecular weight excluding hydrogens is 228 g/mol. The van der Waals surface area contributed by atoms with E-state index in [0.29, 0.717) is 12.0 Å². The fraction of sp³-hybridized carbons (Fsp3) is 0.429. The van der Waals surface area contributed by atoms with Gasteiger partial charge in [0.25, 0.3) is 5.91 Å². The Labute approximate surface area is 106 Å². The second-order valence-electron chi connectivity index (χ2n) is 5.47. The molecule has 1 fully saturated rings. The maximum atomic E-state index is 12.1. The number of nitrogens with one attached hydrogen (secondary N) is 2. The topological polar surface area (TPSA) is 58.2 Å². The lowest BCUT2D eigenvalue weighted by Gasteiger charge is -2.39. The highest BCUT2D eigenvalue weighted by molar-refractivity contribution is 6.01. The van der Waals surface area contributed by atoms with E-state index in [1.165, 1.54) is 6.42 Å². The summed E-state index contributed by atoms with van der Waals surface area (Å²) in [5.74, 6) is -0.0483. The molecule has 0 spiro atoms. The zero-order valence-corrected chi connectivity index (χ0v) is 10.4. The summed E-state index contributed by atoms with van der Waals surface area (Å²) in [5.41, 5.74) is 2.33. The van der Waals surface area contributed by atoms with Crippen LogP contribution in [0.5, 0.6) is 0 Å². The van der Waals surface area contributed by atoms with Crippen LogP contribution < -0.4 is 10.6 Å². The lowest BCUT2D eigenvalue weighted by Crippen LogP contribution is -2.50. The third-order valence-corrected chi connectivity index (χ3v) is 3.86. The van der Waals surface area contributed by atoms with Crippen molar-refractivity contribution in [2.75, 3.05) is 5.32 Å². The molecule has 1 saturated carbocycles. The number of rotatable bonds is 2. The number of hydrogen-bond donors (Lipinski definition) is 2. The Hall–Kier alpha value is -1.84. The second kappa shape index (κ2) is 3.83. The van der Waals surface area contributed by atoms with Gasteiger partial charge in [-0.1, -0.05) is 0 Å². The third kappa shape index (κ3) is 1.88. The van der Waals surface area contributed by atoms with Crippen molar-refractivity contribution >= 4 is 17.5 Å². The van der Waals surface area contributed by atoms with Gasteiger partial charge in [-0.15, -0.1) is 0 Å². The molecule has 1 aromatic carbocycles. The van der Waals surface area contributed by atoms with Crippen LogP contribution in [0.3, 0.4) is 0 Å². The highest BCUT2D eigenvalue weighted by Gasteiger charge is 2.33. The first kappa shape index (κ1) is 11.3. The molecule has 1 aromatic rings. The van der Waals surface area contributed by atoms with Crippen molar-refractivity contribution in [1.29, 1.82) is 0 Å². The fourth-order valence-electron chi connectivity index (χ4n) is 2.55. The molecule has 94 valence electrons. The quantitative estimate of drug-likeness (QED) is 0.834. The second-order valence-corrected chi connectivity index (χ2v) is 5.47. The van der Waals surface area contributed by atoms with Crippen LogP contribution >= 0.6 is 0 Å². The zero-order chi connectivity index (χ0) is 12.8. The molecule has 1 heterocycles. The summed E-state index contributed by atoms with van der Waals surface area (Å²) >= 11 is 0. The van der Waals surface area contributed by atoms with E-state index in [1.807, 2.05) is 6.07 Å². The molecule has 3 rings (SSSR count). The molecule has 2 amide bonds. The van der Waals surface area contributed by atoms with Crippen molar-refractivity contribution in [2.24, 2.45) is 0 Å². The monoisotopic (exact) mass is 244 g/mol. The summed E-state index contributed by atoms with van der Waals surface area (Å²) in [6, 6.07) is 5.38. The summed E-state index contributed by atoms with van der Waals surface area (Å²) in [7, 11) is 0. The highest BCUT2D eigenvalue weighted by atomic mass is 16.2. The number of anilines is 1. The molecule has 4 nitrogen and oxygen atoms in total. The summed E-state index contributed by atoms with van der Waals surface area (Å²) in [5, 5.41) is 5.83. The van der Waals surface area contributed by atoms with Gasteiger partial charge in [0.05, 0.1) is 6.42 Å². The van der Waals surface area contributed by atoms with Gasteiger partial charge < -0.3 is 10.6 Å². The minimum atomic E-state index is -0.0423. The van der Waals surface area contributed by atoms with E-state index in [2.05, 4.69) is 17.6 Å². The van der Waals surface area contributed by atoms with Gasteiger partial charge in [0, 0.05) is 16.8 Å². The number of fused-ring (bicyclic) bond motifs is 1. The average Bonchev–Trinajstić information content (AvgIpc) is 2.65. The molecule has 0 aromatic heterocycles. The van der Waals surface area contributed by atoms with Gasteiger partial charge in [-0.25, -0.2) is 0 Å². The van der Waals surface area contributed by atoms with Gasteiger partial charge >= 0.3 is 0 Å². The van der Waals surface area contributed by atoms with Crippen molar-refractivity contribution in [3.8, 4) is 0 Å². The summed E-state index contributed by atoms with van der Waals surface area (Å²) in [4.78, 5) is 23.4. The molecule has 2 N–H and O–H groups in total. The first-order valence-electron chi connectivity index (χ1n) is 6.31. The van der Waals surface area contributed by atoms with Gasteiger partial charge in [0.15, 0.2) is 0 Å². The van der Waals surface area contributed by atoms with Crippen molar-refractivity contribution in [3.05, 3.63) is 29.3 Å². The Kier molecular flexibility index (Phi) is 2.40. The number of carbonyl (C=O) groups excluding carboxylic acids is 2. The number of hydrogen-bond acceptors (Lipinski definition) is 2. The molecule has 1 aliphatic carbocycles. The van der Waals surface area contributed by atoms with E-state index in [1.54, 1.807) is 12.1 Å². The van der Waals surface area contributed by atoms with Crippen molar-refractivity contribution < 1.29 is 9.59 Å². The third-order valence-electron chi connectivity index (χ3n) is 3.86. The highest BCUT2D eigenvalue weighted by Crippen LogP contribution is 2.31. The van der Waals surface area contributed by atoms with E-state index in [4.69, 9.17) is 0 Å². The van der Waals surface area contributed by atoms with Crippen molar-refractivity contribution in [1.82, 2.24) is 5.32 Å². The predicted octanol–water partition coefficient (Wildman–Crippen LogP) is 1.85. The smallest absolute Gasteiger partial charge is 0.251 e. The van der Waals surface area contributed by atoms with Crippen molar-refractivity contribution in [3.63, 3.8) is 0 Å². The Morgan fingerprint density at radius 2 is 2.17 bits per heavy atom. The molecule has 0 bridgehead atoms. The van der Waals surface area contributed by atoms with E-state index >= 15 is 0 Å². The summed E-state index contributed by atoms with van der Waals surface area (Å²) < 4.78 is 0. The van der Waals surface area contributed by atoms with E-state index < -0.39 is 0 Å². The van der Waals surface area contributed by atoms with Crippen LogP contribution in [0.1, 0.15) is 42.1 Å². The van der Waals surface area contributed by atoms with Crippen LogP contribution in [-0.2, 0) is 11.2 Å². The van der Waals surface area contributed by atoms with E-state index in [-0.39, 0.29) is 17.4 Å². The zero-order valence-electron chi connectivity index (χ0n) is 10.4. The van der Waals surface area contributed by atoms with Crippen LogP contribution in [-0.4, -0.2) is 17.4 Å². The van der Waals surface area contributed by atoms with Crippen LogP contribution in [0.25, 0.3) is 0 Å².